The fraction of sp³-hybridized carbons (Fsp3) is 0.611. The van der Waals surface area contributed by atoms with E-state index in [1.165, 1.54) is 30.4 Å². The summed E-state index contributed by atoms with van der Waals surface area (Å²) >= 11 is 0. The second kappa shape index (κ2) is 7.60. The van der Waals surface area contributed by atoms with E-state index in [0.717, 1.165) is 13.0 Å². The zero-order valence-corrected chi connectivity index (χ0v) is 13.6. The van der Waals surface area contributed by atoms with E-state index in [2.05, 4.69) is 50.4 Å². The molecule has 21 heavy (non-hydrogen) atoms. The maximum absolute atomic E-state index is 12.1. The fourth-order valence-corrected chi connectivity index (χ4v) is 2.86. The molecule has 2 rings (SSSR count). The van der Waals surface area contributed by atoms with Gasteiger partial charge < -0.3 is 4.90 Å². The van der Waals surface area contributed by atoms with Gasteiger partial charge in [-0.05, 0) is 23.5 Å². The first-order valence-electron chi connectivity index (χ1n) is 8.26. The van der Waals surface area contributed by atoms with Crippen molar-refractivity contribution in [3.05, 3.63) is 35.4 Å². The summed E-state index contributed by atoms with van der Waals surface area (Å²) in [6, 6.07) is 8.68. The van der Waals surface area contributed by atoms with Crippen LogP contribution in [0, 0.1) is 0 Å². The van der Waals surface area contributed by atoms with Crippen LogP contribution in [0.1, 0.15) is 69.7 Å². The highest BCUT2D eigenvalue weighted by Gasteiger charge is 2.30. The SMILES string of the molecule is CCCCCCN1C(=O)CNC1c1ccc(C(C)C)cc1. The molecule has 1 aliphatic rings. The van der Waals surface area contributed by atoms with Crippen LogP contribution >= 0.6 is 0 Å². The van der Waals surface area contributed by atoms with Crippen LogP contribution in [0.4, 0.5) is 0 Å². The molecule has 1 heterocycles. The number of carbonyl (C=O) groups excluding carboxylic acids is 1. The van der Waals surface area contributed by atoms with E-state index in [-0.39, 0.29) is 12.1 Å². The van der Waals surface area contributed by atoms with Gasteiger partial charge in [0.2, 0.25) is 5.91 Å². The first-order valence-corrected chi connectivity index (χ1v) is 8.26. The molecule has 0 radical (unpaired) electrons. The zero-order chi connectivity index (χ0) is 15.2. The van der Waals surface area contributed by atoms with Gasteiger partial charge in [-0.15, -0.1) is 0 Å². The third-order valence-corrected chi connectivity index (χ3v) is 4.25. The van der Waals surface area contributed by atoms with Crippen LogP contribution < -0.4 is 5.32 Å². The van der Waals surface area contributed by atoms with Crippen molar-refractivity contribution in [3.8, 4) is 0 Å². The van der Waals surface area contributed by atoms with E-state index < -0.39 is 0 Å². The second-order valence-corrected chi connectivity index (χ2v) is 6.25. The van der Waals surface area contributed by atoms with Crippen LogP contribution in [-0.2, 0) is 4.79 Å². The van der Waals surface area contributed by atoms with E-state index in [1.54, 1.807) is 0 Å². The van der Waals surface area contributed by atoms with Crippen molar-refractivity contribution in [3.63, 3.8) is 0 Å². The topological polar surface area (TPSA) is 32.3 Å². The predicted molar refractivity (Wildman–Crippen MR) is 87.1 cm³/mol. The number of benzene rings is 1. The van der Waals surface area contributed by atoms with Crippen LogP contribution in [-0.4, -0.2) is 23.9 Å². The van der Waals surface area contributed by atoms with Gasteiger partial charge in [0.15, 0.2) is 0 Å². The summed E-state index contributed by atoms with van der Waals surface area (Å²) in [6.45, 7) is 7.94. The Morgan fingerprint density at radius 1 is 1.19 bits per heavy atom. The zero-order valence-electron chi connectivity index (χ0n) is 13.6. The quantitative estimate of drug-likeness (QED) is 0.774. The van der Waals surface area contributed by atoms with Crippen LogP contribution in [0.5, 0.6) is 0 Å². The molecule has 1 atom stereocenters. The smallest absolute Gasteiger partial charge is 0.238 e. The molecule has 3 nitrogen and oxygen atoms in total. The summed E-state index contributed by atoms with van der Waals surface area (Å²) < 4.78 is 0. The minimum atomic E-state index is 0.0559. The third-order valence-electron chi connectivity index (χ3n) is 4.25. The van der Waals surface area contributed by atoms with E-state index in [9.17, 15) is 4.79 Å². The van der Waals surface area contributed by atoms with Crippen LogP contribution in [0.25, 0.3) is 0 Å². The van der Waals surface area contributed by atoms with Crippen molar-refractivity contribution in [1.29, 1.82) is 0 Å². The number of hydrogen-bond donors (Lipinski definition) is 1. The molecule has 3 heteroatoms. The summed E-state index contributed by atoms with van der Waals surface area (Å²) in [4.78, 5) is 14.1. The molecule has 1 unspecified atom stereocenters. The molecule has 1 aromatic carbocycles. The monoisotopic (exact) mass is 288 g/mol. The largest absolute Gasteiger partial charge is 0.322 e. The highest BCUT2D eigenvalue weighted by atomic mass is 16.2. The summed E-state index contributed by atoms with van der Waals surface area (Å²) in [7, 11) is 0. The Labute approximate surface area is 128 Å². The maximum atomic E-state index is 12.1. The predicted octanol–water partition coefficient (Wildman–Crippen LogP) is 3.82. The second-order valence-electron chi connectivity index (χ2n) is 6.25. The molecule has 1 saturated heterocycles. The van der Waals surface area contributed by atoms with Crippen LogP contribution in [0.2, 0.25) is 0 Å². The first-order chi connectivity index (χ1) is 10.1. The number of hydrogen-bond acceptors (Lipinski definition) is 2. The van der Waals surface area contributed by atoms with Gasteiger partial charge >= 0.3 is 0 Å². The molecular formula is C18H28N2O. The molecule has 1 fully saturated rings. The molecule has 0 aliphatic carbocycles. The van der Waals surface area contributed by atoms with Gasteiger partial charge in [-0.2, -0.15) is 0 Å². The highest BCUT2D eigenvalue weighted by molar-refractivity contribution is 5.80. The number of amides is 1. The Balaban J connectivity index is 2.01. The lowest BCUT2D eigenvalue weighted by Gasteiger charge is -2.25. The van der Waals surface area contributed by atoms with Gasteiger partial charge in [-0.1, -0.05) is 64.3 Å². The molecule has 0 saturated carbocycles. The summed E-state index contributed by atoms with van der Waals surface area (Å²) in [5.74, 6) is 0.770. The van der Waals surface area contributed by atoms with Gasteiger partial charge in [0.05, 0.1) is 6.54 Å². The Morgan fingerprint density at radius 2 is 1.90 bits per heavy atom. The molecular weight excluding hydrogens is 260 g/mol. The molecule has 1 aliphatic heterocycles. The normalized spacial score (nSPS) is 18.8. The molecule has 0 spiro atoms. The molecule has 1 N–H and O–H groups in total. The summed E-state index contributed by atoms with van der Waals surface area (Å²) in [6.07, 6.45) is 4.84. The summed E-state index contributed by atoms with van der Waals surface area (Å²) in [5.41, 5.74) is 2.54. The average molecular weight is 288 g/mol. The Bertz CT molecular complexity index is 453. The molecule has 0 bridgehead atoms. The fourth-order valence-electron chi connectivity index (χ4n) is 2.86. The lowest BCUT2D eigenvalue weighted by atomic mass is 10.0. The van der Waals surface area contributed by atoms with Crippen molar-refractivity contribution in [2.24, 2.45) is 0 Å². The highest BCUT2D eigenvalue weighted by Crippen LogP contribution is 2.25. The van der Waals surface area contributed by atoms with Crippen molar-refractivity contribution in [2.45, 2.75) is 58.5 Å². The summed E-state index contributed by atoms with van der Waals surface area (Å²) in [5, 5.41) is 3.34. The molecule has 0 aromatic heterocycles. The van der Waals surface area contributed by atoms with E-state index >= 15 is 0 Å². The van der Waals surface area contributed by atoms with E-state index in [1.807, 2.05) is 4.90 Å². The van der Waals surface area contributed by atoms with E-state index in [0.29, 0.717) is 12.5 Å². The lowest BCUT2D eigenvalue weighted by molar-refractivity contribution is -0.128. The number of unbranched alkanes of at least 4 members (excludes halogenated alkanes) is 3. The minimum Gasteiger partial charge on any atom is -0.322 e. The van der Waals surface area contributed by atoms with Crippen LogP contribution in [0.3, 0.4) is 0 Å². The Morgan fingerprint density at radius 3 is 2.52 bits per heavy atom. The number of nitrogens with one attached hydrogen (secondary N) is 1. The van der Waals surface area contributed by atoms with Gasteiger partial charge in [-0.3, -0.25) is 10.1 Å². The number of rotatable bonds is 7. The van der Waals surface area contributed by atoms with E-state index in [4.69, 9.17) is 0 Å². The standard InChI is InChI=1S/C18H28N2O/c1-4-5-6-7-12-20-17(21)13-19-18(20)16-10-8-15(9-11-16)14(2)3/h8-11,14,18-19H,4-7,12-13H2,1-3H3. The van der Waals surface area contributed by atoms with Crippen molar-refractivity contribution < 1.29 is 4.79 Å². The average Bonchev–Trinajstić information content (AvgIpc) is 2.85. The van der Waals surface area contributed by atoms with Crippen LogP contribution in [0.15, 0.2) is 24.3 Å². The Kier molecular flexibility index (Phi) is 5.80. The van der Waals surface area contributed by atoms with Gasteiger partial charge in [-0.25, -0.2) is 0 Å². The maximum Gasteiger partial charge on any atom is 0.238 e. The van der Waals surface area contributed by atoms with Gasteiger partial charge in [0.25, 0.3) is 0 Å². The lowest BCUT2D eigenvalue weighted by Crippen LogP contribution is -2.31. The van der Waals surface area contributed by atoms with Gasteiger partial charge in [0.1, 0.15) is 6.17 Å². The third kappa shape index (κ3) is 4.07. The van der Waals surface area contributed by atoms with Gasteiger partial charge in [0, 0.05) is 6.54 Å². The minimum absolute atomic E-state index is 0.0559. The number of carbonyl (C=O) groups is 1. The Hall–Kier alpha value is -1.35. The first kappa shape index (κ1) is 16.0. The van der Waals surface area contributed by atoms with Crippen molar-refractivity contribution in [1.82, 2.24) is 10.2 Å². The molecule has 1 amide bonds. The van der Waals surface area contributed by atoms with Crippen molar-refractivity contribution >= 4 is 5.91 Å². The molecule has 116 valence electrons. The molecule has 1 aromatic rings. The number of nitrogens with zero attached hydrogens (tertiary/aromatic N) is 1. The van der Waals surface area contributed by atoms with Crippen molar-refractivity contribution in [2.75, 3.05) is 13.1 Å².